The van der Waals surface area contributed by atoms with E-state index in [0.29, 0.717) is 11.5 Å². The lowest BCUT2D eigenvalue weighted by Crippen LogP contribution is -2.24. The number of carbonyl (C=O) groups excluding carboxylic acids is 1. The second-order valence-corrected chi connectivity index (χ2v) is 4.28. The van der Waals surface area contributed by atoms with Crippen LogP contribution in [-0.2, 0) is 4.74 Å². The fourth-order valence-corrected chi connectivity index (χ4v) is 1.75. The molecule has 0 aliphatic heterocycles. The number of hydrogen-bond acceptors (Lipinski definition) is 4. The van der Waals surface area contributed by atoms with Gasteiger partial charge in [-0.1, -0.05) is 13.3 Å². The molecular weight excluding hydrogens is 228 g/mol. The van der Waals surface area contributed by atoms with E-state index in [0.717, 1.165) is 25.2 Å². The van der Waals surface area contributed by atoms with E-state index in [1.165, 1.54) is 7.11 Å². The first-order valence-electron chi connectivity index (χ1n) is 6.28. The Morgan fingerprint density at radius 3 is 2.44 bits per heavy atom. The van der Waals surface area contributed by atoms with Crippen LogP contribution in [0.4, 0.5) is 5.69 Å². The molecule has 0 radical (unpaired) electrons. The molecule has 0 heterocycles. The highest BCUT2D eigenvalue weighted by molar-refractivity contribution is 5.89. The van der Waals surface area contributed by atoms with Crippen LogP contribution in [0.25, 0.3) is 0 Å². The molecule has 0 bridgehead atoms. The molecule has 1 aromatic rings. The molecule has 1 unspecified atom stereocenters. The third-order valence-electron chi connectivity index (χ3n) is 2.97. The molecule has 0 saturated heterocycles. The molecule has 0 aliphatic carbocycles. The highest BCUT2D eigenvalue weighted by atomic mass is 16.5. The smallest absolute Gasteiger partial charge is 0.337 e. The Kier molecular flexibility index (Phi) is 6.22. The van der Waals surface area contributed by atoms with Crippen molar-refractivity contribution >= 4 is 11.7 Å². The summed E-state index contributed by atoms with van der Waals surface area (Å²) in [6.45, 7) is 4.11. The van der Waals surface area contributed by atoms with Gasteiger partial charge in [0.15, 0.2) is 0 Å². The number of nitrogens with one attached hydrogen (secondary N) is 2. The predicted molar refractivity (Wildman–Crippen MR) is 74.0 cm³/mol. The van der Waals surface area contributed by atoms with Crippen molar-refractivity contribution in [2.45, 2.75) is 13.3 Å². The van der Waals surface area contributed by atoms with Crippen molar-refractivity contribution in [1.82, 2.24) is 5.32 Å². The first-order chi connectivity index (χ1) is 8.71. The number of methoxy groups -OCH3 is 1. The Balaban J connectivity index is 2.50. The number of hydrogen-bond donors (Lipinski definition) is 2. The second-order valence-electron chi connectivity index (χ2n) is 4.28. The van der Waals surface area contributed by atoms with E-state index in [4.69, 9.17) is 0 Å². The minimum atomic E-state index is -0.303. The first kappa shape index (κ1) is 14.5. The summed E-state index contributed by atoms with van der Waals surface area (Å²) < 4.78 is 4.66. The van der Waals surface area contributed by atoms with E-state index >= 15 is 0 Å². The summed E-state index contributed by atoms with van der Waals surface area (Å²) in [5.41, 5.74) is 1.60. The van der Waals surface area contributed by atoms with Gasteiger partial charge in [-0.2, -0.15) is 0 Å². The molecule has 4 heteroatoms. The molecule has 0 amide bonds. The Bertz CT molecular complexity index is 363. The van der Waals surface area contributed by atoms with Gasteiger partial charge < -0.3 is 15.4 Å². The zero-order chi connectivity index (χ0) is 13.4. The van der Waals surface area contributed by atoms with Gasteiger partial charge in [-0.3, -0.25) is 0 Å². The zero-order valence-electron chi connectivity index (χ0n) is 11.3. The molecule has 100 valence electrons. The molecule has 4 nitrogen and oxygen atoms in total. The van der Waals surface area contributed by atoms with Crippen LogP contribution in [0, 0.1) is 5.92 Å². The molecule has 0 fully saturated rings. The Hall–Kier alpha value is -1.55. The lowest BCUT2D eigenvalue weighted by molar-refractivity contribution is 0.0601. The maximum atomic E-state index is 11.3. The van der Waals surface area contributed by atoms with E-state index < -0.39 is 0 Å². The van der Waals surface area contributed by atoms with Crippen molar-refractivity contribution in [2.24, 2.45) is 5.92 Å². The third-order valence-corrected chi connectivity index (χ3v) is 2.97. The van der Waals surface area contributed by atoms with Crippen LogP contribution in [0.1, 0.15) is 23.7 Å². The highest BCUT2D eigenvalue weighted by Gasteiger charge is 2.06. The van der Waals surface area contributed by atoms with Crippen molar-refractivity contribution in [2.75, 3.05) is 32.6 Å². The van der Waals surface area contributed by atoms with Crippen LogP contribution in [0.15, 0.2) is 24.3 Å². The summed E-state index contributed by atoms with van der Waals surface area (Å²) in [5.74, 6) is 0.304. The summed E-state index contributed by atoms with van der Waals surface area (Å²) in [6, 6.07) is 7.34. The standard InChI is InChI=1S/C14H22N2O2/c1-4-11(9-15-2)10-16-13-7-5-12(6-8-13)14(17)18-3/h5-8,11,15-16H,4,9-10H2,1-3H3. The van der Waals surface area contributed by atoms with E-state index in [2.05, 4.69) is 22.3 Å². The lowest BCUT2D eigenvalue weighted by atomic mass is 10.1. The minimum Gasteiger partial charge on any atom is -0.465 e. The number of carbonyl (C=O) groups is 1. The quantitative estimate of drug-likeness (QED) is 0.728. The van der Waals surface area contributed by atoms with Crippen LogP contribution >= 0.6 is 0 Å². The number of rotatable bonds is 7. The van der Waals surface area contributed by atoms with Gasteiger partial charge in [-0.05, 0) is 43.8 Å². The number of benzene rings is 1. The highest BCUT2D eigenvalue weighted by Crippen LogP contribution is 2.11. The van der Waals surface area contributed by atoms with Gasteiger partial charge in [0.05, 0.1) is 12.7 Å². The molecule has 0 spiro atoms. The minimum absolute atomic E-state index is 0.303. The van der Waals surface area contributed by atoms with Crippen molar-refractivity contribution in [3.8, 4) is 0 Å². The molecule has 2 N–H and O–H groups in total. The van der Waals surface area contributed by atoms with Crippen LogP contribution in [0.3, 0.4) is 0 Å². The van der Waals surface area contributed by atoms with Gasteiger partial charge in [0.2, 0.25) is 0 Å². The Morgan fingerprint density at radius 1 is 1.28 bits per heavy atom. The van der Waals surface area contributed by atoms with E-state index in [1.807, 2.05) is 19.2 Å². The van der Waals surface area contributed by atoms with Crippen LogP contribution in [0.2, 0.25) is 0 Å². The van der Waals surface area contributed by atoms with Gasteiger partial charge in [-0.25, -0.2) is 4.79 Å². The van der Waals surface area contributed by atoms with Gasteiger partial charge >= 0.3 is 5.97 Å². The van der Waals surface area contributed by atoms with Crippen molar-refractivity contribution < 1.29 is 9.53 Å². The lowest BCUT2D eigenvalue weighted by Gasteiger charge is -2.16. The molecule has 0 saturated carbocycles. The largest absolute Gasteiger partial charge is 0.465 e. The summed E-state index contributed by atoms with van der Waals surface area (Å²) in [5, 5.41) is 6.56. The van der Waals surface area contributed by atoms with Gasteiger partial charge in [0.25, 0.3) is 0 Å². The van der Waals surface area contributed by atoms with E-state index in [-0.39, 0.29) is 5.97 Å². The first-order valence-corrected chi connectivity index (χ1v) is 6.28. The molecule has 18 heavy (non-hydrogen) atoms. The van der Waals surface area contributed by atoms with Crippen LogP contribution < -0.4 is 10.6 Å². The summed E-state index contributed by atoms with van der Waals surface area (Å²) in [4.78, 5) is 11.3. The predicted octanol–water partition coefficient (Wildman–Crippen LogP) is 2.13. The second kappa shape index (κ2) is 7.71. The maximum absolute atomic E-state index is 11.3. The van der Waals surface area contributed by atoms with E-state index in [1.54, 1.807) is 12.1 Å². The number of esters is 1. The topological polar surface area (TPSA) is 50.4 Å². The molecular formula is C14H22N2O2. The molecule has 1 aromatic carbocycles. The Morgan fingerprint density at radius 2 is 1.94 bits per heavy atom. The number of anilines is 1. The van der Waals surface area contributed by atoms with E-state index in [9.17, 15) is 4.79 Å². The average Bonchev–Trinajstić information content (AvgIpc) is 2.43. The maximum Gasteiger partial charge on any atom is 0.337 e. The molecule has 0 aliphatic rings. The van der Waals surface area contributed by atoms with Crippen molar-refractivity contribution in [1.29, 1.82) is 0 Å². The van der Waals surface area contributed by atoms with Crippen LogP contribution in [0.5, 0.6) is 0 Å². The monoisotopic (exact) mass is 250 g/mol. The fourth-order valence-electron chi connectivity index (χ4n) is 1.75. The summed E-state index contributed by atoms with van der Waals surface area (Å²) >= 11 is 0. The van der Waals surface area contributed by atoms with Crippen molar-refractivity contribution in [3.05, 3.63) is 29.8 Å². The zero-order valence-corrected chi connectivity index (χ0v) is 11.3. The number of ether oxygens (including phenoxy) is 1. The van der Waals surface area contributed by atoms with Crippen LogP contribution in [-0.4, -0.2) is 33.2 Å². The summed E-state index contributed by atoms with van der Waals surface area (Å²) in [6.07, 6.45) is 1.13. The fraction of sp³-hybridized carbons (Fsp3) is 0.500. The average molecular weight is 250 g/mol. The molecule has 1 atom stereocenters. The van der Waals surface area contributed by atoms with Gasteiger partial charge in [0.1, 0.15) is 0 Å². The molecule has 0 aromatic heterocycles. The Labute approximate surface area is 109 Å². The SMILES string of the molecule is CCC(CNC)CNc1ccc(C(=O)OC)cc1. The summed E-state index contributed by atoms with van der Waals surface area (Å²) in [7, 11) is 3.35. The van der Waals surface area contributed by atoms with Gasteiger partial charge in [-0.15, -0.1) is 0 Å². The third kappa shape index (κ3) is 4.37. The molecule has 1 rings (SSSR count). The normalized spacial score (nSPS) is 11.9. The van der Waals surface area contributed by atoms with Gasteiger partial charge in [0, 0.05) is 12.2 Å². The van der Waals surface area contributed by atoms with Crippen molar-refractivity contribution in [3.63, 3.8) is 0 Å².